The van der Waals surface area contributed by atoms with Crippen molar-refractivity contribution in [3.63, 3.8) is 0 Å². The molecule has 0 aromatic heterocycles. The zero-order valence-electron chi connectivity index (χ0n) is 15.0. The van der Waals surface area contributed by atoms with E-state index >= 15 is 0 Å². The number of carbonyl (C=O) groups excluding carboxylic acids is 2. The lowest BCUT2D eigenvalue weighted by Gasteiger charge is -2.27. The van der Waals surface area contributed by atoms with Crippen LogP contribution in [0.15, 0.2) is 54.6 Å². The van der Waals surface area contributed by atoms with E-state index in [0.717, 1.165) is 0 Å². The van der Waals surface area contributed by atoms with Crippen LogP contribution >= 0.6 is 23.4 Å². The van der Waals surface area contributed by atoms with E-state index in [1.807, 2.05) is 18.2 Å². The van der Waals surface area contributed by atoms with E-state index in [1.54, 1.807) is 65.0 Å². The number of nitrogens with zero attached hydrogens (tertiary/aromatic N) is 2. The smallest absolute Gasteiger partial charge is 0.255 e. The van der Waals surface area contributed by atoms with E-state index < -0.39 is 6.04 Å². The maximum absolute atomic E-state index is 12.8. The molecule has 5 nitrogen and oxygen atoms in total. The first-order valence-electron chi connectivity index (χ1n) is 8.63. The van der Waals surface area contributed by atoms with Crippen molar-refractivity contribution < 1.29 is 14.3 Å². The van der Waals surface area contributed by atoms with Gasteiger partial charge in [0, 0.05) is 23.4 Å². The predicted molar refractivity (Wildman–Crippen MR) is 108 cm³/mol. The fourth-order valence-corrected chi connectivity index (χ4v) is 4.06. The largest absolute Gasteiger partial charge is 0.492 e. The predicted octanol–water partition coefficient (Wildman–Crippen LogP) is 3.39. The maximum atomic E-state index is 12.8. The lowest BCUT2D eigenvalue weighted by atomic mass is 10.1. The summed E-state index contributed by atoms with van der Waals surface area (Å²) in [6.45, 7) is 0.812. The number of thioether (sulfide) groups is 1. The fraction of sp³-hybridized carbons (Fsp3) is 0.300. The molecule has 0 spiro atoms. The highest BCUT2D eigenvalue weighted by molar-refractivity contribution is 7.99. The third kappa shape index (κ3) is 4.96. The summed E-state index contributed by atoms with van der Waals surface area (Å²) >= 11 is 7.45. The molecule has 7 heteroatoms. The van der Waals surface area contributed by atoms with Gasteiger partial charge in [-0.15, -0.1) is 11.8 Å². The number of rotatable bonds is 6. The number of ether oxygens (including phenoxy) is 1. The van der Waals surface area contributed by atoms with Crippen LogP contribution in [0.5, 0.6) is 5.75 Å². The molecule has 0 unspecified atom stereocenters. The second-order valence-corrected chi connectivity index (χ2v) is 7.66. The molecule has 0 aliphatic carbocycles. The monoisotopic (exact) mass is 404 g/mol. The second kappa shape index (κ2) is 9.15. The summed E-state index contributed by atoms with van der Waals surface area (Å²) in [6.07, 6.45) is 0. The van der Waals surface area contributed by atoms with Gasteiger partial charge in [0.05, 0.1) is 12.4 Å². The van der Waals surface area contributed by atoms with Crippen molar-refractivity contribution >= 4 is 35.2 Å². The molecule has 2 amide bonds. The summed E-state index contributed by atoms with van der Waals surface area (Å²) < 4.78 is 5.65. The summed E-state index contributed by atoms with van der Waals surface area (Å²) in [5.41, 5.74) is 0.603. The molecule has 142 valence electrons. The molecule has 0 saturated carbocycles. The number of hydrogen-bond acceptors (Lipinski definition) is 4. The zero-order valence-corrected chi connectivity index (χ0v) is 16.6. The number of benzene rings is 2. The topological polar surface area (TPSA) is 49.9 Å². The SMILES string of the molecule is CN(CCOc1ccc(Cl)cc1)C(=O)[C@@H]1CSCN1C(=O)c1ccccc1. The molecule has 0 N–H and O–H groups in total. The Labute approximate surface area is 168 Å². The van der Waals surface area contributed by atoms with Crippen molar-refractivity contribution in [1.82, 2.24) is 9.80 Å². The van der Waals surface area contributed by atoms with E-state index in [0.29, 0.717) is 41.1 Å². The molecule has 0 bridgehead atoms. The van der Waals surface area contributed by atoms with Crippen molar-refractivity contribution in [1.29, 1.82) is 0 Å². The molecule has 1 aliphatic heterocycles. The molecule has 1 saturated heterocycles. The van der Waals surface area contributed by atoms with Crippen LogP contribution in [0, 0.1) is 0 Å². The highest BCUT2D eigenvalue weighted by Gasteiger charge is 2.36. The molecule has 1 heterocycles. The minimum Gasteiger partial charge on any atom is -0.492 e. The van der Waals surface area contributed by atoms with Gasteiger partial charge in [0.25, 0.3) is 5.91 Å². The quantitative estimate of drug-likeness (QED) is 0.740. The standard InChI is InChI=1S/C20H21ClN2O3S/c1-22(11-12-26-17-9-7-16(21)8-10-17)20(25)18-13-27-14-23(18)19(24)15-5-3-2-4-6-15/h2-10,18H,11-14H2,1H3/t18-/m0/s1. The minimum absolute atomic E-state index is 0.0658. The van der Waals surface area contributed by atoms with Crippen LogP contribution in [0.4, 0.5) is 0 Å². The van der Waals surface area contributed by atoms with E-state index in [9.17, 15) is 9.59 Å². The number of hydrogen-bond donors (Lipinski definition) is 0. The minimum atomic E-state index is -0.441. The zero-order chi connectivity index (χ0) is 19.2. The Morgan fingerprint density at radius 2 is 1.89 bits per heavy atom. The summed E-state index contributed by atoms with van der Waals surface area (Å²) in [5.74, 6) is 1.67. The van der Waals surface area contributed by atoms with Gasteiger partial charge in [0.1, 0.15) is 18.4 Å². The number of carbonyl (C=O) groups is 2. The normalized spacial score (nSPS) is 16.2. The lowest BCUT2D eigenvalue weighted by molar-refractivity contribution is -0.133. The first-order chi connectivity index (χ1) is 13.1. The van der Waals surface area contributed by atoms with Crippen molar-refractivity contribution in [3.05, 3.63) is 65.2 Å². The van der Waals surface area contributed by atoms with Gasteiger partial charge in [-0.2, -0.15) is 0 Å². The first-order valence-corrected chi connectivity index (χ1v) is 10.2. The molecule has 2 aromatic carbocycles. The van der Waals surface area contributed by atoms with Gasteiger partial charge in [-0.1, -0.05) is 29.8 Å². The van der Waals surface area contributed by atoms with Gasteiger partial charge >= 0.3 is 0 Å². The van der Waals surface area contributed by atoms with E-state index in [4.69, 9.17) is 16.3 Å². The van der Waals surface area contributed by atoms with Gasteiger partial charge in [-0.25, -0.2) is 0 Å². The Balaban J connectivity index is 1.55. The van der Waals surface area contributed by atoms with Gasteiger partial charge < -0.3 is 14.5 Å². The third-order valence-corrected chi connectivity index (χ3v) is 5.60. The average Bonchev–Trinajstić information content (AvgIpc) is 3.18. The van der Waals surface area contributed by atoms with Gasteiger partial charge in [-0.3, -0.25) is 9.59 Å². The van der Waals surface area contributed by atoms with Crippen molar-refractivity contribution in [2.45, 2.75) is 6.04 Å². The Hall–Kier alpha value is -2.18. The molecule has 1 aliphatic rings. The van der Waals surface area contributed by atoms with Crippen LogP contribution in [-0.2, 0) is 4.79 Å². The molecule has 27 heavy (non-hydrogen) atoms. The summed E-state index contributed by atoms with van der Waals surface area (Å²) in [5, 5.41) is 0.650. The number of likely N-dealkylation sites (N-methyl/N-ethyl adjacent to an activating group) is 1. The number of amides is 2. The van der Waals surface area contributed by atoms with Gasteiger partial charge in [0.2, 0.25) is 5.91 Å². The van der Waals surface area contributed by atoms with Crippen LogP contribution in [0.25, 0.3) is 0 Å². The molecular formula is C20H21ClN2O3S. The van der Waals surface area contributed by atoms with E-state index in [2.05, 4.69) is 0 Å². The highest BCUT2D eigenvalue weighted by Crippen LogP contribution is 2.24. The Kier molecular flexibility index (Phi) is 6.63. The van der Waals surface area contributed by atoms with Gasteiger partial charge in [0.15, 0.2) is 0 Å². The highest BCUT2D eigenvalue weighted by atomic mass is 35.5. The number of halogens is 1. The van der Waals surface area contributed by atoms with E-state index in [1.165, 1.54) is 0 Å². The first kappa shape index (κ1) is 19.6. The van der Waals surface area contributed by atoms with Crippen LogP contribution in [0.3, 0.4) is 0 Å². The Morgan fingerprint density at radius 3 is 2.59 bits per heavy atom. The summed E-state index contributed by atoms with van der Waals surface area (Å²) in [6, 6.07) is 15.7. The average molecular weight is 405 g/mol. The Bertz CT molecular complexity index is 786. The van der Waals surface area contributed by atoms with Gasteiger partial charge in [-0.05, 0) is 36.4 Å². The molecular weight excluding hydrogens is 384 g/mol. The van der Waals surface area contributed by atoms with Crippen LogP contribution in [0.1, 0.15) is 10.4 Å². The van der Waals surface area contributed by atoms with Crippen molar-refractivity contribution in [3.8, 4) is 5.75 Å². The molecule has 2 aromatic rings. The second-order valence-electron chi connectivity index (χ2n) is 6.22. The fourth-order valence-electron chi connectivity index (χ4n) is 2.79. The van der Waals surface area contributed by atoms with Crippen LogP contribution in [-0.4, -0.2) is 59.5 Å². The summed E-state index contributed by atoms with van der Waals surface area (Å²) in [7, 11) is 1.74. The van der Waals surface area contributed by atoms with E-state index in [-0.39, 0.29) is 11.8 Å². The van der Waals surface area contributed by atoms with Crippen molar-refractivity contribution in [2.75, 3.05) is 31.8 Å². The molecule has 1 fully saturated rings. The van der Waals surface area contributed by atoms with Crippen LogP contribution in [0.2, 0.25) is 5.02 Å². The maximum Gasteiger partial charge on any atom is 0.255 e. The Morgan fingerprint density at radius 1 is 1.19 bits per heavy atom. The molecule has 0 radical (unpaired) electrons. The molecule has 3 rings (SSSR count). The van der Waals surface area contributed by atoms with Crippen molar-refractivity contribution in [2.24, 2.45) is 0 Å². The van der Waals surface area contributed by atoms with Crippen LogP contribution < -0.4 is 4.74 Å². The summed E-state index contributed by atoms with van der Waals surface area (Å²) in [4.78, 5) is 28.8. The third-order valence-electron chi connectivity index (χ3n) is 4.33. The molecule has 1 atom stereocenters. The lowest BCUT2D eigenvalue weighted by Crippen LogP contribution is -2.48.